The van der Waals surface area contributed by atoms with Gasteiger partial charge >= 0.3 is 0 Å². The molecular weight excluding hydrogens is 324 g/mol. The molecule has 1 saturated heterocycles. The van der Waals surface area contributed by atoms with E-state index in [9.17, 15) is 10.5 Å². The van der Waals surface area contributed by atoms with Crippen molar-refractivity contribution in [2.75, 3.05) is 26.3 Å². The van der Waals surface area contributed by atoms with Gasteiger partial charge in [0.25, 0.3) is 0 Å². The van der Waals surface area contributed by atoms with E-state index in [2.05, 4.69) is 15.6 Å². The van der Waals surface area contributed by atoms with Gasteiger partial charge in [0.2, 0.25) is 0 Å². The van der Waals surface area contributed by atoms with E-state index in [0.717, 1.165) is 31.9 Å². The Labute approximate surface area is 146 Å². The molecule has 2 aliphatic rings. The van der Waals surface area contributed by atoms with Crippen molar-refractivity contribution < 1.29 is 10.1 Å². The fourth-order valence-corrected chi connectivity index (χ4v) is 2.66. The van der Waals surface area contributed by atoms with Crippen LogP contribution in [0.5, 0.6) is 0 Å². The largest absolute Gasteiger partial charge is 0.761 e. The highest BCUT2D eigenvalue weighted by Gasteiger charge is 2.27. The Morgan fingerprint density at radius 1 is 1.29 bits per heavy atom. The molecule has 3 rings (SSSR count). The van der Waals surface area contributed by atoms with Gasteiger partial charge in [0.1, 0.15) is 5.82 Å². The summed E-state index contributed by atoms with van der Waals surface area (Å²) in [4.78, 5) is 3.99. The molecule has 0 amide bonds. The predicted octanol–water partition coefficient (Wildman–Crippen LogP) is -0.676. The molecule has 1 aromatic rings. The minimum atomic E-state index is -0.539. The Hall–Kier alpha value is -2.65. The van der Waals surface area contributed by atoms with Crippen LogP contribution in [-0.2, 0) is 17.4 Å². The number of aromatic nitrogens is 1. The number of allylic oxidation sites excluding steroid dienone is 2. The van der Waals surface area contributed by atoms with Crippen LogP contribution < -0.4 is 16.4 Å². The first-order valence-corrected chi connectivity index (χ1v) is 7.87. The van der Waals surface area contributed by atoms with Crippen LogP contribution in [0.3, 0.4) is 0 Å². The predicted molar refractivity (Wildman–Crippen MR) is 89.4 cm³/mol. The third-order valence-corrected chi connectivity index (χ3v) is 3.87. The van der Waals surface area contributed by atoms with Crippen LogP contribution in [0.1, 0.15) is 11.5 Å². The molecule has 2 aliphatic heterocycles. The zero-order valence-corrected chi connectivity index (χ0v) is 13.8. The summed E-state index contributed by atoms with van der Waals surface area (Å²) in [5, 5.41) is 23.6. The number of morpholine rings is 1. The van der Waals surface area contributed by atoms with Gasteiger partial charge in [-0.05, 0) is 11.6 Å². The van der Waals surface area contributed by atoms with E-state index in [0.29, 0.717) is 5.57 Å². The van der Waals surface area contributed by atoms with Crippen molar-refractivity contribution in [2.45, 2.75) is 5.92 Å². The summed E-state index contributed by atoms with van der Waals surface area (Å²) < 4.78 is 5.04. The molecule has 3 heterocycles. The molecule has 0 radical (unpaired) electrons. The fraction of sp³-hybridized carbons (Fsp3) is 0.312. The van der Waals surface area contributed by atoms with Crippen molar-refractivity contribution in [3.63, 3.8) is 0 Å². The highest BCUT2D eigenvalue weighted by atomic mass is 32.1. The molecule has 124 valence electrons. The highest BCUT2D eigenvalue weighted by Crippen LogP contribution is 2.35. The Morgan fingerprint density at radius 2 is 2.00 bits per heavy atom. The lowest BCUT2D eigenvalue weighted by atomic mass is 9.85. The molecule has 5 N–H and O–H groups in total. The summed E-state index contributed by atoms with van der Waals surface area (Å²) in [6.07, 6.45) is 3.22. The number of hydrogen-bond acceptors (Lipinski definition) is 7. The summed E-state index contributed by atoms with van der Waals surface area (Å²) >= 11 is 5.07. The first kappa shape index (κ1) is 17.7. The fourth-order valence-electron chi connectivity index (χ4n) is 2.39. The Bertz CT molecular complexity index is 665. The van der Waals surface area contributed by atoms with E-state index in [4.69, 9.17) is 23.1 Å². The number of pyridine rings is 1. The number of dihydropyridines is 1. The van der Waals surface area contributed by atoms with Gasteiger partial charge in [0, 0.05) is 18.0 Å². The van der Waals surface area contributed by atoms with Crippen LogP contribution in [0.4, 0.5) is 0 Å². The maximum Gasteiger partial charge on any atom is 0.114 e. The number of nitrogens with two attached hydrogens (primary N) is 2. The summed E-state index contributed by atoms with van der Waals surface area (Å²) in [5.41, 5.74) is 7.05. The second-order valence-corrected chi connectivity index (χ2v) is 5.52. The average Bonchev–Trinajstić information content (AvgIpc) is 2.64. The van der Waals surface area contributed by atoms with E-state index in [1.807, 2.05) is 12.1 Å². The van der Waals surface area contributed by atoms with Gasteiger partial charge in [0.05, 0.1) is 49.9 Å². The second-order valence-electron chi connectivity index (χ2n) is 5.12. The van der Waals surface area contributed by atoms with Gasteiger partial charge in [-0.2, -0.15) is 10.5 Å². The van der Waals surface area contributed by atoms with Crippen LogP contribution in [0.15, 0.2) is 46.5 Å². The third-order valence-electron chi connectivity index (χ3n) is 3.55. The van der Waals surface area contributed by atoms with Gasteiger partial charge < -0.3 is 33.7 Å². The SMILES string of the molecule is C1COCC[NH2+]1.N#CC1=C(N)NC([S-])=C(C#N)C1c1cccnc1. The van der Waals surface area contributed by atoms with Gasteiger partial charge in [-0.25, -0.2) is 0 Å². The van der Waals surface area contributed by atoms with Crippen LogP contribution in [0.2, 0.25) is 0 Å². The molecule has 1 fully saturated rings. The lowest BCUT2D eigenvalue weighted by Gasteiger charge is -2.30. The van der Waals surface area contributed by atoms with E-state index < -0.39 is 5.92 Å². The topological polar surface area (TPSA) is 124 Å². The second kappa shape index (κ2) is 8.85. The summed E-state index contributed by atoms with van der Waals surface area (Å²) in [7, 11) is 0. The lowest BCUT2D eigenvalue weighted by molar-refractivity contribution is -0.670. The van der Waals surface area contributed by atoms with E-state index >= 15 is 0 Å². The zero-order valence-electron chi connectivity index (χ0n) is 13.0. The van der Waals surface area contributed by atoms with Crippen molar-refractivity contribution in [1.29, 1.82) is 10.5 Å². The van der Waals surface area contributed by atoms with Gasteiger partial charge in [-0.1, -0.05) is 11.1 Å². The molecule has 1 aromatic heterocycles. The van der Waals surface area contributed by atoms with Crippen LogP contribution >= 0.6 is 0 Å². The van der Waals surface area contributed by atoms with Gasteiger partial charge in [-0.3, -0.25) is 4.98 Å². The third kappa shape index (κ3) is 4.21. The zero-order chi connectivity index (χ0) is 17.4. The maximum atomic E-state index is 9.18. The summed E-state index contributed by atoms with van der Waals surface area (Å²) in [6.45, 7) is 4.19. The van der Waals surface area contributed by atoms with Crippen molar-refractivity contribution in [2.24, 2.45) is 5.73 Å². The monoisotopic (exact) mass is 342 g/mol. The van der Waals surface area contributed by atoms with E-state index in [1.54, 1.807) is 24.5 Å². The number of ether oxygens (including phenoxy) is 1. The molecule has 8 heteroatoms. The van der Waals surface area contributed by atoms with Crippen LogP contribution in [0.25, 0.3) is 0 Å². The number of quaternary nitrogens is 1. The number of hydrogen-bond donors (Lipinski definition) is 3. The van der Waals surface area contributed by atoms with E-state index in [1.165, 1.54) is 0 Å². The molecule has 7 nitrogen and oxygen atoms in total. The molecule has 0 spiro atoms. The quantitative estimate of drug-likeness (QED) is 0.578. The number of rotatable bonds is 1. The molecule has 1 atom stereocenters. The summed E-state index contributed by atoms with van der Waals surface area (Å²) in [5.74, 6) is -0.349. The first-order chi connectivity index (χ1) is 11.7. The van der Waals surface area contributed by atoms with Crippen molar-refractivity contribution in [3.05, 3.63) is 52.1 Å². The average molecular weight is 342 g/mol. The Morgan fingerprint density at radius 3 is 2.46 bits per heavy atom. The van der Waals surface area contributed by atoms with Crippen LogP contribution in [-0.4, -0.2) is 31.3 Å². The molecule has 0 bridgehead atoms. The Kier molecular flexibility index (Phi) is 6.52. The molecule has 0 saturated carbocycles. The van der Waals surface area contributed by atoms with Crippen LogP contribution in [0, 0.1) is 22.7 Å². The Balaban J connectivity index is 0.000000292. The normalized spacial score (nSPS) is 20.2. The molecule has 24 heavy (non-hydrogen) atoms. The first-order valence-electron chi connectivity index (χ1n) is 7.46. The standard InChI is InChI=1S/C12H9N5S.C4H9NO/c13-4-8-10(7-2-1-3-16-6-7)9(5-14)12(18)17-11(8)15;1-3-6-4-2-5-1/h1-3,6,10,17-18H,15H2;5H,1-4H2. The van der Waals surface area contributed by atoms with E-state index in [-0.39, 0.29) is 16.4 Å². The minimum absolute atomic E-state index is 0.190. The molecular formula is C16H18N6OS. The minimum Gasteiger partial charge on any atom is -0.761 e. The van der Waals surface area contributed by atoms with Crippen molar-refractivity contribution >= 4 is 12.6 Å². The maximum absolute atomic E-state index is 9.18. The van der Waals surface area contributed by atoms with Gasteiger partial charge in [0.15, 0.2) is 0 Å². The summed E-state index contributed by atoms with van der Waals surface area (Å²) in [6, 6.07) is 7.57. The van der Waals surface area contributed by atoms with Gasteiger partial charge in [-0.15, -0.1) is 0 Å². The smallest absolute Gasteiger partial charge is 0.114 e. The number of nitrogens with one attached hydrogen (secondary N) is 1. The molecule has 0 aromatic carbocycles. The molecule has 0 aliphatic carbocycles. The number of nitrogens with zero attached hydrogens (tertiary/aromatic N) is 3. The van der Waals surface area contributed by atoms with Crippen molar-refractivity contribution in [1.82, 2.24) is 10.3 Å². The highest BCUT2D eigenvalue weighted by molar-refractivity contribution is 7.63. The van der Waals surface area contributed by atoms with Crippen molar-refractivity contribution in [3.8, 4) is 12.1 Å². The lowest BCUT2D eigenvalue weighted by Crippen LogP contribution is -2.87. The molecule has 1 unspecified atom stereocenters. The number of nitriles is 2.